The second-order valence-electron chi connectivity index (χ2n) is 2.57. The van der Waals surface area contributed by atoms with Crippen molar-refractivity contribution < 1.29 is 27.1 Å². The van der Waals surface area contributed by atoms with E-state index >= 15 is 0 Å². The average Bonchev–Trinajstić information content (AvgIpc) is 1.99. The Morgan fingerprint density at radius 1 is 1.33 bits per heavy atom. The van der Waals surface area contributed by atoms with E-state index in [0.717, 1.165) is 6.07 Å². The number of carbonyl (C=O) groups is 1. The fourth-order valence-electron chi connectivity index (χ4n) is 0.948. The predicted molar refractivity (Wildman–Crippen MR) is 42.9 cm³/mol. The minimum atomic E-state index is -5.00. The molecule has 15 heavy (non-hydrogen) atoms. The van der Waals surface area contributed by atoms with E-state index in [4.69, 9.17) is 5.73 Å². The lowest BCUT2D eigenvalue weighted by Gasteiger charge is -2.11. The first kappa shape index (κ1) is 11.3. The summed E-state index contributed by atoms with van der Waals surface area (Å²) in [4.78, 5) is 10.4. The Bertz CT molecular complexity index is 389. The van der Waals surface area contributed by atoms with Crippen LogP contribution in [0.1, 0.15) is 10.4 Å². The first-order valence-electron chi connectivity index (χ1n) is 3.63. The third kappa shape index (κ3) is 2.83. The molecule has 0 radical (unpaired) electrons. The lowest BCUT2D eigenvalue weighted by atomic mass is 10.2. The highest BCUT2D eigenvalue weighted by atomic mass is 19.4. The molecule has 0 fully saturated rings. The SMILES string of the molecule is Nc1cc(F)cc(OC(F)(F)F)c1C=O. The zero-order valence-electron chi connectivity index (χ0n) is 7.14. The molecule has 0 aliphatic carbocycles. The minimum absolute atomic E-state index is 0.0653. The molecule has 82 valence electrons. The summed E-state index contributed by atoms with van der Waals surface area (Å²) in [6, 6.07) is 1.17. The van der Waals surface area contributed by atoms with Gasteiger partial charge >= 0.3 is 6.36 Å². The van der Waals surface area contributed by atoms with Crippen LogP contribution in [0.25, 0.3) is 0 Å². The zero-order valence-corrected chi connectivity index (χ0v) is 7.14. The van der Waals surface area contributed by atoms with Crippen molar-refractivity contribution in [3.05, 3.63) is 23.5 Å². The van der Waals surface area contributed by atoms with Gasteiger partial charge in [-0.1, -0.05) is 0 Å². The summed E-state index contributed by atoms with van der Waals surface area (Å²) in [5.74, 6) is -1.97. The van der Waals surface area contributed by atoms with Crippen LogP contribution < -0.4 is 10.5 Å². The second kappa shape index (κ2) is 3.76. The number of ether oxygens (including phenoxy) is 1. The molecule has 0 aliphatic rings. The lowest BCUT2D eigenvalue weighted by molar-refractivity contribution is -0.274. The standard InChI is InChI=1S/C8H5F4NO2/c9-4-1-6(13)5(3-14)7(2-4)15-8(10,11)12/h1-3H,13H2. The highest BCUT2D eigenvalue weighted by Crippen LogP contribution is 2.29. The van der Waals surface area contributed by atoms with Gasteiger partial charge in [0, 0.05) is 11.8 Å². The molecule has 0 saturated heterocycles. The molecular weight excluding hydrogens is 218 g/mol. The van der Waals surface area contributed by atoms with Gasteiger partial charge in [0.15, 0.2) is 6.29 Å². The van der Waals surface area contributed by atoms with Crippen molar-refractivity contribution in [2.45, 2.75) is 6.36 Å². The number of nitrogens with two attached hydrogens (primary N) is 1. The van der Waals surface area contributed by atoms with Gasteiger partial charge in [-0.15, -0.1) is 13.2 Å². The number of anilines is 1. The number of halogens is 4. The Labute approximate surface area is 81.4 Å². The first-order valence-corrected chi connectivity index (χ1v) is 3.63. The normalized spacial score (nSPS) is 11.2. The molecule has 1 aromatic carbocycles. The molecule has 0 bridgehead atoms. The highest BCUT2D eigenvalue weighted by Gasteiger charge is 2.32. The van der Waals surface area contributed by atoms with Crippen LogP contribution in [0.3, 0.4) is 0 Å². The van der Waals surface area contributed by atoms with Crippen LogP contribution in [0.4, 0.5) is 23.2 Å². The maximum atomic E-state index is 12.7. The van der Waals surface area contributed by atoms with Crippen molar-refractivity contribution in [2.24, 2.45) is 0 Å². The summed E-state index contributed by atoms with van der Waals surface area (Å²) in [6.07, 6.45) is -4.94. The summed E-state index contributed by atoms with van der Waals surface area (Å²) in [6.45, 7) is 0. The highest BCUT2D eigenvalue weighted by molar-refractivity contribution is 5.87. The molecule has 0 aliphatic heterocycles. The molecule has 2 N–H and O–H groups in total. The van der Waals surface area contributed by atoms with E-state index in [1.54, 1.807) is 0 Å². The van der Waals surface area contributed by atoms with Crippen molar-refractivity contribution >= 4 is 12.0 Å². The average molecular weight is 223 g/mol. The summed E-state index contributed by atoms with van der Waals surface area (Å²) >= 11 is 0. The van der Waals surface area contributed by atoms with E-state index in [9.17, 15) is 22.4 Å². The van der Waals surface area contributed by atoms with Gasteiger partial charge in [0.05, 0.1) is 5.56 Å². The van der Waals surface area contributed by atoms with Gasteiger partial charge < -0.3 is 10.5 Å². The van der Waals surface area contributed by atoms with Crippen molar-refractivity contribution in [1.29, 1.82) is 0 Å². The molecule has 0 unspecified atom stereocenters. The van der Waals surface area contributed by atoms with E-state index in [1.807, 2.05) is 0 Å². The number of benzene rings is 1. The van der Waals surface area contributed by atoms with Crippen LogP contribution in [-0.4, -0.2) is 12.6 Å². The van der Waals surface area contributed by atoms with Gasteiger partial charge in [-0.05, 0) is 6.07 Å². The second-order valence-corrected chi connectivity index (χ2v) is 2.57. The van der Waals surface area contributed by atoms with Crippen molar-refractivity contribution in [3.8, 4) is 5.75 Å². The van der Waals surface area contributed by atoms with Crippen molar-refractivity contribution in [1.82, 2.24) is 0 Å². The van der Waals surface area contributed by atoms with E-state index in [-0.39, 0.29) is 6.29 Å². The maximum absolute atomic E-state index is 12.7. The first-order chi connectivity index (χ1) is 6.83. The molecule has 0 heterocycles. The number of hydrogen-bond acceptors (Lipinski definition) is 3. The minimum Gasteiger partial charge on any atom is -0.405 e. The monoisotopic (exact) mass is 223 g/mol. The fraction of sp³-hybridized carbons (Fsp3) is 0.125. The summed E-state index contributed by atoms with van der Waals surface area (Å²) < 4.78 is 51.6. The van der Waals surface area contributed by atoms with E-state index in [1.165, 1.54) is 0 Å². The van der Waals surface area contributed by atoms with E-state index in [0.29, 0.717) is 6.07 Å². The molecule has 1 rings (SSSR count). The lowest BCUT2D eigenvalue weighted by Crippen LogP contribution is -2.18. The third-order valence-corrected chi connectivity index (χ3v) is 1.48. The largest absolute Gasteiger partial charge is 0.573 e. The zero-order chi connectivity index (χ0) is 11.6. The van der Waals surface area contributed by atoms with Gasteiger partial charge in [0.1, 0.15) is 11.6 Å². The number of carbonyl (C=O) groups excluding carboxylic acids is 1. The number of rotatable bonds is 2. The Balaban J connectivity index is 3.21. The van der Waals surface area contributed by atoms with Crippen LogP contribution in [-0.2, 0) is 0 Å². The van der Waals surface area contributed by atoms with Crippen LogP contribution in [0.2, 0.25) is 0 Å². The van der Waals surface area contributed by atoms with Crippen LogP contribution in [0, 0.1) is 5.82 Å². The van der Waals surface area contributed by atoms with Gasteiger partial charge in [0.25, 0.3) is 0 Å². The van der Waals surface area contributed by atoms with E-state index in [2.05, 4.69) is 4.74 Å². The Morgan fingerprint density at radius 2 is 1.93 bits per heavy atom. The summed E-state index contributed by atoms with van der Waals surface area (Å²) in [5, 5.41) is 0. The molecule has 0 saturated carbocycles. The number of nitrogen functional groups attached to an aromatic ring is 1. The fourth-order valence-corrected chi connectivity index (χ4v) is 0.948. The molecular formula is C8H5F4NO2. The van der Waals surface area contributed by atoms with Gasteiger partial charge in [-0.3, -0.25) is 4.79 Å². The molecule has 1 aromatic rings. The molecule has 0 aromatic heterocycles. The predicted octanol–water partition coefficient (Wildman–Crippen LogP) is 2.12. The molecule has 0 amide bonds. The molecule has 7 heteroatoms. The van der Waals surface area contributed by atoms with Gasteiger partial charge in [-0.2, -0.15) is 0 Å². The van der Waals surface area contributed by atoms with Crippen molar-refractivity contribution in [3.63, 3.8) is 0 Å². The van der Waals surface area contributed by atoms with Crippen LogP contribution >= 0.6 is 0 Å². The summed E-state index contributed by atoms with van der Waals surface area (Å²) in [7, 11) is 0. The number of hydrogen-bond donors (Lipinski definition) is 1. The van der Waals surface area contributed by atoms with Gasteiger partial charge in [-0.25, -0.2) is 4.39 Å². The third-order valence-electron chi connectivity index (χ3n) is 1.48. The molecule has 0 atom stereocenters. The molecule has 3 nitrogen and oxygen atoms in total. The molecule has 0 spiro atoms. The topological polar surface area (TPSA) is 52.3 Å². The Kier molecular flexibility index (Phi) is 2.83. The Morgan fingerprint density at radius 3 is 2.40 bits per heavy atom. The van der Waals surface area contributed by atoms with Crippen LogP contribution in [0.5, 0.6) is 5.75 Å². The van der Waals surface area contributed by atoms with Crippen molar-refractivity contribution in [2.75, 3.05) is 5.73 Å². The number of alkyl halides is 3. The van der Waals surface area contributed by atoms with E-state index < -0.39 is 29.2 Å². The maximum Gasteiger partial charge on any atom is 0.573 e. The quantitative estimate of drug-likeness (QED) is 0.474. The van der Waals surface area contributed by atoms with Crippen LogP contribution in [0.15, 0.2) is 12.1 Å². The summed E-state index contributed by atoms with van der Waals surface area (Å²) in [5.41, 5.74) is 4.19. The Hall–Kier alpha value is -1.79. The number of aldehydes is 1. The smallest absolute Gasteiger partial charge is 0.405 e. The van der Waals surface area contributed by atoms with Gasteiger partial charge in [0.2, 0.25) is 0 Å².